The van der Waals surface area contributed by atoms with Gasteiger partial charge in [-0.3, -0.25) is 0 Å². The van der Waals surface area contributed by atoms with Crippen molar-refractivity contribution in [3.8, 4) is 5.75 Å². The van der Waals surface area contributed by atoms with Gasteiger partial charge in [0.2, 0.25) is 0 Å². The molecule has 100 valence electrons. The van der Waals surface area contributed by atoms with Crippen molar-refractivity contribution in [1.82, 2.24) is 0 Å². The second-order valence-corrected chi connectivity index (χ2v) is 5.46. The Morgan fingerprint density at radius 2 is 1.78 bits per heavy atom. The van der Waals surface area contributed by atoms with Crippen molar-refractivity contribution in [3.63, 3.8) is 0 Å². The highest BCUT2D eigenvalue weighted by Gasteiger charge is 2.14. The van der Waals surface area contributed by atoms with E-state index < -0.39 is 6.16 Å². The summed E-state index contributed by atoms with van der Waals surface area (Å²) in [4.78, 5) is 11.4. The largest absolute Gasteiger partial charge is 0.514 e. The minimum Gasteiger partial charge on any atom is -0.431 e. The second kappa shape index (κ2) is 5.89. The summed E-state index contributed by atoms with van der Waals surface area (Å²) in [6.07, 6.45) is 0.0112. The fraction of sp³-hybridized carbons (Fsp3) is 0.533. The predicted octanol–water partition coefficient (Wildman–Crippen LogP) is 4.30. The lowest BCUT2D eigenvalue weighted by Crippen LogP contribution is -2.17. The van der Waals surface area contributed by atoms with Crippen LogP contribution in [0.5, 0.6) is 5.75 Å². The molecule has 0 saturated carbocycles. The van der Waals surface area contributed by atoms with Crippen LogP contribution in [-0.2, 0) is 10.2 Å². The Bertz CT molecular complexity index is 387. The molecule has 1 unspecified atom stereocenters. The Morgan fingerprint density at radius 3 is 2.22 bits per heavy atom. The Balaban J connectivity index is 2.61. The molecule has 3 heteroatoms. The molecular formula is C15H22O3. The molecular weight excluding hydrogens is 228 g/mol. The SMILES string of the molecule is CCC(C)OC(=O)Oc1ccc(C(C)(C)C)cc1. The Kier molecular flexibility index (Phi) is 4.76. The van der Waals surface area contributed by atoms with Gasteiger partial charge >= 0.3 is 6.16 Å². The second-order valence-electron chi connectivity index (χ2n) is 5.46. The number of benzene rings is 1. The van der Waals surface area contributed by atoms with E-state index in [2.05, 4.69) is 20.8 Å². The molecule has 1 aromatic carbocycles. The zero-order chi connectivity index (χ0) is 13.8. The van der Waals surface area contributed by atoms with Crippen LogP contribution in [0, 0.1) is 0 Å². The van der Waals surface area contributed by atoms with E-state index in [1.807, 2.05) is 26.0 Å². The van der Waals surface area contributed by atoms with Crippen LogP contribution < -0.4 is 4.74 Å². The highest BCUT2D eigenvalue weighted by molar-refractivity contribution is 5.64. The Labute approximate surface area is 109 Å². The van der Waals surface area contributed by atoms with Gasteiger partial charge < -0.3 is 9.47 Å². The molecule has 0 N–H and O–H groups in total. The summed E-state index contributed by atoms with van der Waals surface area (Å²) in [5, 5.41) is 0. The fourth-order valence-corrected chi connectivity index (χ4v) is 1.39. The van der Waals surface area contributed by atoms with Gasteiger partial charge in [-0.25, -0.2) is 4.79 Å². The normalized spacial score (nSPS) is 12.9. The molecule has 0 aliphatic rings. The Hall–Kier alpha value is -1.51. The van der Waals surface area contributed by atoms with Crippen LogP contribution in [0.4, 0.5) is 4.79 Å². The van der Waals surface area contributed by atoms with Crippen molar-refractivity contribution in [2.75, 3.05) is 0 Å². The number of carbonyl (C=O) groups is 1. The average molecular weight is 250 g/mol. The summed E-state index contributed by atoms with van der Waals surface area (Å²) in [5.41, 5.74) is 1.29. The van der Waals surface area contributed by atoms with E-state index in [4.69, 9.17) is 9.47 Å². The van der Waals surface area contributed by atoms with Crippen LogP contribution in [0.1, 0.15) is 46.6 Å². The molecule has 3 nitrogen and oxygen atoms in total. The van der Waals surface area contributed by atoms with Gasteiger partial charge in [-0.1, -0.05) is 39.8 Å². The highest BCUT2D eigenvalue weighted by atomic mass is 16.7. The summed E-state index contributed by atoms with van der Waals surface area (Å²) in [7, 11) is 0. The summed E-state index contributed by atoms with van der Waals surface area (Å²) >= 11 is 0. The van der Waals surface area contributed by atoms with Crippen LogP contribution in [0.25, 0.3) is 0 Å². The number of carbonyl (C=O) groups excluding carboxylic acids is 1. The van der Waals surface area contributed by atoms with Crippen molar-refractivity contribution >= 4 is 6.16 Å². The maximum absolute atomic E-state index is 11.4. The molecule has 0 spiro atoms. The van der Waals surface area contributed by atoms with E-state index >= 15 is 0 Å². The summed E-state index contributed by atoms with van der Waals surface area (Å²) in [5.74, 6) is 0.510. The average Bonchev–Trinajstić information content (AvgIpc) is 2.28. The van der Waals surface area contributed by atoms with Gasteiger partial charge in [-0.05, 0) is 36.5 Å². The molecule has 0 aliphatic heterocycles. The van der Waals surface area contributed by atoms with Gasteiger partial charge in [0.25, 0.3) is 0 Å². The molecule has 0 aromatic heterocycles. The molecule has 0 amide bonds. The summed E-state index contributed by atoms with van der Waals surface area (Å²) in [6.45, 7) is 10.2. The topological polar surface area (TPSA) is 35.5 Å². The van der Waals surface area contributed by atoms with Crippen LogP contribution >= 0.6 is 0 Å². The first-order valence-corrected chi connectivity index (χ1v) is 6.32. The Morgan fingerprint density at radius 1 is 1.22 bits per heavy atom. The lowest BCUT2D eigenvalue weighted by molar-refractivity contribution is 0.0643. The molecule has 18 heavy (non-hydrogen) atoms. The van der Waals surface area contributed by atoms with E-state index in [9.17, 15) is 4.79 Å². The van der Waals surface area contributed by atoms with Crippen molar-refractivity contribution < 1.29 is 14.3 Å². The van der Waals surface area contributed by atoms with E-state index in [1.165, 1.54) is 5.56 Å². The summed E-state index contributed by atoms with van der Waals surface area (Å²) < 4.78 is 10.1. The zero-order valence-corrected chi connectivity index (χ0v) is 11.8. The molecule has 0 heterocycles. The van der Waals surface area contributed by atoms with Crippen molar-refractivity contribution in [2.45, 2.75) is 52.6 Å². The fourth-order valence-electron chi connectivity index (χ4n) is 1.39. The van der Waals surface area contributed by atoms with E-state index in [-0.39, 0.29) is 11.5 Å². The van der Waals surface area contributed by atoms with Crippen LogP contribution in [0.2, 0.25) is 0 Å². The monoisotopic (exact) mass is 250 g/mol. The number of hydrogen-bond donors (Lipinski definition) is 0. The number of hydrogen-bond acceptors (Lipinski definition) is 3. The van der Waals surface area contributed by atoms with Crippen LogP contribution in [-0.4, -0.2) is 12.3 Å². The number of rotatable bonds is 3. The molecule has 0 radical (unpaired) electrons. The summed E-state index contributed by atoms with van der Waals surface area (Å²) in [6, 6.07) is 7.51. The van der Waals surface area contributed by atoms with E-state index in [0.29, 0.717) is 5.75 Å². The lowest BCUT2D eigenvalue weighted by Gasteiger charge is -2.19. The maximum atomic E-state index is 11.4. The maximum Gasteiger partial charge on any atom is 0.514 e. The quantitative estimate of drug-likeness (QED) is 0.592. The minimum atomic E-state index is -0.646. The van der Waals surface area contributed by atoms with Gasteiger partial charge in [-0.2, -0.15) is 0 Å². The van der Waals surface area contributed by atoms with Crippen molar-refractivity contribution in [2.24, 2.45) is 0 Å². The smallest absolute Gasteiger partial charge is 0.431 e. The van der Waals surface area contributed by atoms with Gasteiger partial charge in [0.05, 0.1) is 0 Å². The van der Waals surface area contributed by atoms with Gasteiger partial charge in [0, 0.05) is 0 Å². The predicted molar refractivity (Wildman–Crippen MR) is 72.0 cm³/mol. The van der Waals surface area contributed by atoms with Crippen LogP contribution in [0.15, 0.2) is 24.3 Å². The molecule has 0 fully saturated rings. The van der Waals surface area contributed by atoms with E-state index in [1.54, 1.807) is 12.1 Å². The first-order valence-electron chi connectivity index (χ1n) is 6.32. The molecule has 1 aromatic rings. The highest BCUT2D eigenvalue weighted by Crippen LogP contribution is 2.24. The van der Waals surface area contributed by atoms with Crippen molar-refractivity contribution in [1.29, 1.82) is 0 Å². The van der Waals surface area contributed by atoms with Gasteiger partial charge in [0.1, 0.15) is 11.9 Å². The van der Waals surface area contributed by atoms with Gasteiger partial charge in [-0.15, -0.1) is 0 Å². The molecule has 1 atom stereocenters. The van der Waals surface area contributed by atoms with Crippen molar-refractivity contribution in [3.05, 3.63) is 29.8 Å². The number of ether oxygens (including phenoxy) is 2. The third-order valence-corrected chi connectivity index (χ3v) is 2.79. The standard InChI is InChI=1S/C15H22O3/c1-6-11(2)17-14(16)18-13-9-7-12(8-10-13)15(3,4)5/h7-11H,6H2,1-5H3. The van der Waals surface area contributed by atoms with Gasteiger partial charge in [0.15, 0.2) is 0 Å². The molecule has 0 aliphatic carbocycles. The molecule has 1 rings (SSSR count). The zero-order valence-electron chi connectivity index (χ0n) is 11.8. The molecule has 0 saturated heterocycles. The minimum absolute atomic E-state index is 0.0930. The molecule has 0 bridgehead atoms. The first-order chi connectivity index (χ1) is 8.32. The lowest BCUT2D eigenvalue weighted by atomic mass is 9.87. The van der Waals surface area contributed by atoms with Crippen LogP contribution in [0.3, 0.4) is 0 Å². The van der Waals surface area contributed by atoms with E-state index in [0.717, 1.165) is 6.42 Å². The third kappa shape index (κ3) is 4.40. The third-order valence-electron chi connectivity index (χ3n) is 2.79. The first kappa shape index (κ1) is 14.6.